The van der Waals surface area contributed by atoms with E-state index in [-0.39, 0.29) is 17.4 Å². The summed E-state index contributed by atoms with van der Waals surface area (Å²) in [6.45, 7) is 4.16. The van der Waals surface area contributed by atoms with Gasteiger partial charge in [0, 0.05) is 28.5 Å². The minimum atomic E-state index is -0.196. The lowest BCUT2D eigenvalue weighted by Gasteiger charge is -2.16. The second-order valence-corrected chi connectivity index (χ2v) is 8.02. The number of hydrazone groups is 1. The highest BCUT2D eigenvalue weighted by molar-refractivity contribution is 6.30. The van der Waals surface area contributed by atoms with Gasteiger partial charge in [-0.3, -0.25) is 4.79 Å². The molecular weight excluding hydrogens is 348 g/mol. The number of hydrogen-bond acceptors (Lipinski definition) is 3. The van der Waals surface area contributed by atoms with Crippen molar-refractivity contribution in [1.82, 2.24) is 5.43 Å². The summed E-state index contributed by atoms with van der Waals surface area (Å²) in [7, 11) is 0. The summed E-state index contributed by atoms with van der Waals surface area (Å²) in [5, 5.41) is 5.12. The first-order valence-electron chi connectivity index (χ1n) is 8.87. The van der Waals surface area contributed by atoms with E-state index in [1.54, 1.807) is 0 Å². The Labute approximate surface area is 158 Å². The molecule has 0 radical (unpaired) electrons. The highest BCUT2D eigenvalue weighted by atomic mass is 35.5. The van der Waals surface area contributed by atoms with Crippen LogP contribution in [0.2, 0.25) is 5.02 Å². The zero-order valence-corrected chi connectivity index (χ0v) is 15.6. The summed E-state index contributed by atoms with van der Waals surface area (Å²) in [6.07, 6.45) is 2.74. The number of hydrogen-bond donors (Lipinski definition) is 1. The third-order valence-electron chi connectivity index (χ3n) is 4.68. The Bertz CT molecular complexity index is 883. The molecule has 0 unspecified atom stereocenters. The van der Waals surface area contributed by atoms with Crippen LogP contribution in [0.15, 0.2) is 47.6 Å². The fraction of sp³-hybridized carbons (Fsp3) is 0.333. The number of rotatable bonds is 4. The Balaban J connectivity index is 1.70. The molecule has 1 aliphatic heterocycles. The number of carbonyl (C=O) groups excluding carboxylic acids is 1. The number of benzene rings is 2. The molecule has 0 spiro atoms. The van der Waals surface area contributed by atoms with Gasteiger partial charge in [-0.25, -0.2) is 5.43 Å². The molecule has 1 amide bonds. The number of nitrogens with zero attached hydrogens (tertiary/aromatic N) is 1. The van der Waals surface area contributed by atoms with Gasteiger partial charge in [0.05, 0.1) is 5.71 Å². The fourth-order valence-corrected chi connectivity index (χ4v) is 3.33. The van der Waals surface area contributed by atoms with Crippen molar-refractivity contribution in [2.24, 2.45) is 11.0 Å². The first kappa shape index (κ1) is 17.1. The predicted octanol–water partition coefficient (Wildman–Crippen LogP) is 4.33. The average molecular weight is 369 g/mol. The lowest BCUT2D eigenvalue weighted by atomic mass is 9.96. The fourth-order valence-electron chi connectivity index (χ4n) is 3.21. The Kier molecular flexibility index (Phi) is 4.23. The smallest absolute Gasteiger partial charge is 0.243 e. The summed E-state index contributed by atoms with van der Waals surface area (Å²) < 4.78 is 5.96. The summed E-state index contributed by atoms with van der Waals surface area (Å²) in [4.78, 5) is 12.0. The standard InChI is InChI=1S/C21H21ClN2O2/c1-21(2)12-16-11-15(7-10-18(16)26-21)19(13-5-8-17(22)9-6-13)23-24-20(25)14-3-4-14/h5-11,14H,3-4,12H2,1-2H3,(H,24,25)/b23-19+. The predicted molar refractivity (Wildman–Crippen MR) is 103 cm³/mol. The van der Waals surface area contributed by atoms with Crippen molar-refractivity contribution < 1.29 is 9.53 Å². The van der Waals surface area contributed by atoms with Crippen LogP contribution in [-0.2, 0) is 11.2 Å². The molecule has 1 saturated carbocycles. The van der Waals surface area contributed by atoms with Crippen molar-refractivity contribution in [2.45, 2.75) is 38.7 Å². The molecule has 0 bridgehead atoms. The molecule has 1 heterocycles. The van der Waals surface area contributed by atoms with E-state index in [9.17, 15) is 4.79 Å². The summed E-state index contributed by atoms with van der Waals surface area (Å²) in [5.74, 6) is 1.01. The van der Waals surface area contributed by atoms with E-state index in [4.69, 9.17) is 16.3 Å². The molecule has 0 atom stereocenters. The van der Waals surface area contributed by atoms with Crippen molar-refractivity contribution in [3.8, 4) is 5.75 Å². The van der Waals surface area contributed by atoms with E-state index < -0.39 is 0 Å². The topological polar surface area (TPSA) is 50.7 Å². The molecule has 4 rings (SSSR count). The van der Waals surface area contributed by atoms with E-state index >= 15 is 0 Å². The number of carbonyl (C=O) groups is 1. The van der Waals surface area contributed by atoms with Gasteiger partial charge in [0.25, 0.3) is 0 Å². The Hall–Kier alpha value is -2.33. The minimum Gasteiger partial charge on any atom is -0.487 e. The molecule has 1 N–H and O–H groups in total. The van der Waals surface area contributed by atoms with Crippen LogP contribution in [0.25, 0.3) is 0 Å². The van der Waals surface area contributed by atoms with Crippen LogP contribution in [0.1, 0.15) is 43.4 Å². The third kappa shape index (κ3) is 3.61. The molecule has 2 aromatic rings. The van der Waals surface area contributed by atoms with Gasteiger partial charge in [0.15, 0.2) is 0 Å². The van der Waals surface area contributed by atoms with Crippen molar-refractivity contribution in [3.05, 3.63) is 64.2 Å². The Morgan fingerprint density at radius 1 is 1.15 bits per heavy atom. The molecule has 26 heavy (non-hydrogen) atoms. The first-order valence-corrected chi connectivity index (χ1v) is 9.25. The van der Waals surface area contributed by atoms with Gasteiger partial charge < -0.3 is 4.74 Å². The minimum absolute atomic E-state index is 0.0120. The van der Waals surface area contributed by atoms with E-state index in [0.717, 1.165) is 47.4 Å². The highest BCUT2D eigenvalue weighted by Gasteiger charge is 2.31. The molecule has 0 aromatic heterocycles. The SMILES string of the molecule is CC1(C)Cc2cc(/C(=N/NC(=O)C3CC3)c3ccc(Cl)cc3)ccc2O1. The highest BCUT2D eigenvalue weighted by Crippen LogP contribution is 2.35. The van der Waals surface area contributed by atoms with E-state index in [1.807, 2.05) is 36.4 Å². The summed E-state index contributed by atoms with van der Waals surface area (Å²) in [6, 6.07) is 13.5. The van der Waals surface area contributed by atoms with Crippen LogP contribution < -0.4 is 10.2 Å². The number of nitrogens with one attached hydrogen (secondary N) is 1. The molecule has 4 nitrogen and oxygen atoms in total. The summed E-state index contributed by atoms with van der Waals surface area (Å²) in [5.41, 5.74) is 6.26. The van der Waals surface area contributed by atoms with Crippen LogP contribution in [0.4, 0.5) is 0 Å². The maximum absolute atomic E-state index is 12.0. The van der Waals surface area contributed by atoms with Crippen molar-refractivity contribution in [1.29, 1.82) is 0 Å². The molecule has 1 aliphatic carbocycles. The normalized spacial score (nSPS) is 18.2. The quantitative estimate of drug-likeness (QED) is 0.645. The molecular formula is C21H21ClN2O2. The zero-order valence-electron chi connectivity index (χ0n) is 14.9. The van der Waals surface area contributed by atoms with Gasteiger partial charge in [0.2, 0.25) is 5.91 Å². The van der Waals surface area contributed by atoms with E-state index in [1.165, 1.54) is 0 Å². The van der Waals surface area contributed by atoms with Crippen molar-refractivity contribution in [2.75, 3.05) is 0 Å². The second kappa shape index (κ2) is 6.44. The van der Waals surface area contributed by atoms with Crippen molar-refractivity contribution in [3.63, 3.8) is 0 Å². The maximum Gasteiger partial charge on any atom is 0.243 e. The van der Waals surface area contributed by atoms with E-state index in [0.29, 0.717) is 5.02 Å². The largest absolute Gasteiger partial charge is 0.487 e. The molecule has 0 saturated heterocycles. The zero-order chi connectivity index (χ0) is 18.3. The molecule has 2 aromatic carbocycles. The van der Waals surface area contributed by atoms with Crippen molar-refractivity contribution >= 4 is 23.2 Å². The molecule has 2 aliphatic rings. The van der Waals surface area contributed by atoms with Gasteiger partial charge in [-0.1, -0.05) is 23.7 Å². The van der Waals surface area contributed by atoms with Crippen LogP contribution in [-0.4, -0.2) is 17.2 Å². The Morgan fingerprint density at radius 2 is 1.85 bits per heavy atom. The van der Waals surface area contributed by atoms with Gasteiger partial charge in [0.1, 0.15) is 11.4 Å². The van der Waals surface area contributed by atoms with Gasteiger partial charge in [-0.15, -0.1) is 0 Å². The second-order valence-electron chi connectivity index (χ2n) is 7.58. The summed E-state index contributed by atoms with van der Waals surface area (Å²) >= 11 is 6.02. The first-order chi connectivity index (χ1) is 12.4. The maximum atomic E-state index is 12.0. The molecule has 5 heteroatoms. The number of amides is 1. The number of ether oxygens (including phenoxy) is 1. The van der Waals surface area contributed by atoms with Crippen LogP contribution in [0.3, 0.4) is 0 Å². The van der Waals surface area contributed by atoms with Gasteiger partial charge in [-0.2, -0.15) is 5.10 Å². The van der Waals surface area contributed by atoms with Crippen LogP contribution >= 0.6 is 11.6 Å². The average Bonchev–Trinajstić information content (AvgIpc) is 3.38. The van der Waals surface area contributed by atoms with Gasteiger partial charge in [-0.05, 0) is 62.6 Å². The number of halogens is 1. The molecule has 134 valence electrons. The number of fused-ring (bicyclic) bond motifs is 1. The lowest BCUT2D eigenvalue weighted by molar-refractivity contribution is -0.122. The monoisotopic (exact) mass is 368 g/mol. The third-order valence-corrected chi connectivity index (χ3v) is 4.93. The lowest BCUT2D eigenvalue weighted by Crippen LogP contribution is -2.24. The van der Waals surface area contributed by atoms with Crippen LogP contribution in [0.5, 0.6) is 5.75 Å². The Morgan fingerprint density at radius 3 is 2.54 bits per heavy atom. The molecule has 1 fully saturated rings. The van der Waals surface area contributed by atoms with Crippen LogP contribution in [0, 0.1) is 5.92 Å². The van der Waals surface area contributed by atoms with Gasteiger partial charge >= 0.3 is 0 Å². The van der Waals surface area contributed by atoms with E-state index in [2.05, 4.69) is 30.4 Å².